The lowest BCUT2D eigenvalue weighted by atomic mass is 10.0. The van der Waals surface area contributed by atoms with Gasteiger partial charge < -0.3 is 4.74 Å². The van der Waals surface area contributed by atoms with Crippen molar-refractivity contribution >= 4 is 5.97 Å². The fraction of sp³-hybridized carbons (Fsp3) is 0.562. The van der Waals surface area contributed by atoms with Crippen molar-refractivity contribution in [1.29, 1.82) is 0 Å². The first-order chi connectivity index (χ1) is 8.79. The van der Waals surface area contributed by atoms with Crippen LogP contribution >= 0.6 is 0 Å². The lowest BCUT2D eigenvalue weighted by molar-refractivity contribution is -0.140. The maximum absolute atomic E-state index is 10.4. The highest BCUT2D eigenvalue weighted by Gasteiger charge is 1.95. The number of esters is 1. The Labute approximate surface area is 110 Å². The molecule has 2 heteroatoms. The summed E-state index contributed by atoms with van der Waals surface area (Å²) in [7, 11) is 0. The van der Waals surface area contributed by atoms with Crippen LogP contribution in [-0.2, 0) is 16.0 Å². The highest BCUT2D eigenvalue weighted by atomic mass is 16.5. The molecular weight excluding hydrogens is 224 g/mol. The number of hydrogen-bond acceptors (Lipinski definition) is 2. The Morgan fingerprint density at radius 1 is 1.00 bits per heavy atom. The summed E-state index contributed by atoms with van der Waals surface area (Å²) in [6, 6.07) is 9.95. The van der Waals surface area contributed by atoms with Crippen molar-refractivity contribution in [3.8, 4) is 0 Å². The molecule has 0 aliphatic heterocycles. The Bertz CT molecular complexity index is 304. The summed E-state index contributed by atoms with van der Waals surface area (Å²) in [6.45, 7) is 1.89. The molecule has 0 spiro atoms. The van der Waals surface area contributed by atoms with Crippen LogP contribution in [-0.4, -0.2) is 12.6 Å². The van der Waals surface area contributed by atoms with Gasteiger partial charge in [0.05, 0.1) is 6.61 Å². The van der Waals surface area contributed by atoms with E-state index in [0.29, 0.717) is 6.61 Å². The number of carbonyl (C=O) groups excluding carboxylic acids is 1. The Kier molecular flexibility index (Phi) is 7.94. The van der Waals surface area contributed by atoms with Crippen LogP contribution in [0.3, 0.4) is 0 Å². The molecule has 1 aromatic rings. The van der Waals surface area contributed by atoms with E-state index in [1.807, 2.05) is 30.3 Å². The van der Waals surface area contributed by atoms with Crippen LogP contribution < -0.4 is 0 Å². The van der Waals surface area contributed by atoms with Crippen LogP contribution in [0.25, 0.3) is 0 Å². The zero-order chi connectivity index (χ0) is 13.1. The summed E-state index contributed by atoms with van der Waals surface area (Å²) < 4.78 is 4.81. The van der Waals surface area contributed by atoms with Crippen molar-refractivity contribution in [3.63, 3.8) is 0 Å². The molecule has 0 aromatic heterocycles. The molecule has 1 fully saturated rings. The number of carbonyl (C=O) groups is 1. The summed E-state index contributed by atoms with van der Waals surface area (Å²) in [4.78, 5) is 10.4. The van der Waals surface area contributed by atoms with Crippen molar-refractivity contribution in [2.45, 2.75) is 51.9 Å². The second kappa shape index (κ2) is 9.69. The van der Waals surface area contributed by atoms with Gasteiger partial charge in [0, 0.05) is 13.3 Å². The van der Waals surface area contributed by atoms with Gasteiger partial charge in [-0.3, -0.25) is 4.79 Å². The summed E-state index contributed by atoms with van der Waals surface area (Å²) in [5, 5.41) is 0. The molecule has 0 amide bonds. The van der Waals surface area contributed by atoms with E-state index >= 15 is 0 Å². The van der Waals surface area contributed by atoms with Gasteiger partial charge >= 0.3 is 5.97 Å². The monoisotopic (exact) mass is 248 g/mol. The molecule has 0 heterocycles. The van der Waals surface area contributed by atoms with Gasteiger partial charge in [-0.25, -0.2) is 0 Å². The van der Waals surface area contributed by atoms with E-state index in [1.165, 1.54) is 51.0 Å². The molecule has 100 valence electrons. The predicted octanol–water partition coefficient (Wildman–Crippen LogP) is 4.13. The highest BCUT2D eigenvalue weighted by molar-refractivity contribution is 5.65. The van der Waals surface area contributed by atoms with Gasteiger partial charge in [-0.1, -0.05) is 68.9 Å². The Morgan fingerprint density at radius 3 is 1.94 bits per heavy atom. The van der Waals surface area contributed by atoms with Crippen molar-refractivity contribution in [2.24, 2.45) is 0 Å². The molecule has 18 heavy (non-hydrogen) atoms. The lowest BCUT2D eigenvalue weighted by Crippen LogP contribution is -2.02. The SMILES string of the molecule is C1CCCCC1.CC(=O)OCCc1ccccc1. The van der Waals surface area contributed by atoms with Crippen LogP contribution in [0.15, 0.2) is 30.3 Å². The normalized spacial score (nSPS) is 14.3. The van der Waals surface area contributed by atoms with E-state index in [0.717, 1.165) is 6.42 Å². The molecule has 2 rings (SSSR count). The lowest BCUT2D eigenvalue weighted by Gasteiger charge is -2.05. The molecular formula is C16H24O2. The molecule has 1 aliphatic rings. The molecule has 0 atom stereocenters. The molecule has 1 saturated carbocycles. The summed E-state index contributed by atoms with van der Waals surface area (Å²) in [5.41, 5.74) is 1.19. The molecule has 0 saturated heterocycles. The third-order valence-corrected chi connectivity index (χ3v) is 3.04. The molecule has 2 nitrogen and oxygen atoms in total. The summed E-state index contributed by atoms with van der Waals surface area (Å²) in [5.74, 6) is -0.217. The fourth-order valence-electron chi connectivity index (χ4n) is 2.02. The molecule has 1 aromatic carbocycles. The van der Waals surface area contributed by atoms with Gasteiger partial charge in [0.25, 0.3) is 0 Å². The molecule has 0 radical (unpaired) electrons. The minimum atomic E-state index is -0.217. The standard InChI is InChI=1S/C10H12O2.C6H12/c1-9(11)12-8-7-10-5-3-2-4-6-10;1-2-4-6-5-3-1/h2-6H,7-8H2,1H3;1-6H2. The van der Waals surface area contributed by atoms with E-state index in [1.54, 1.807) is 0 Å². The number of ether oxygens (including phenoxy) is 1. The third-order valence-electron chi connectivity index (χ3n) is 3.04. The molecule has 0 unspecified atom stereocenters. The second-order valence-corrected chi connectivity index (χ2v) is 4.70. The zero-order valence-electron chi connectivity index (χ0n) is 11.4. The first kappa shape index (κ1) is 14.7. The molecule has 0 N–H and O–H groups in total. The number of benzene rings is 1. The van der Waals surface area contributed by atoms with Gasteiger partial charge in [0.15, 0.2) is 0 Å². The van der Waals surface area contributed by atoms with E-state index in [9.17, 15) is 4.79 Å². The molecule has 1 aliphatic carbocycles. The average molecular weight is 248 g/mol. The van der Waals surface area contributed by atoms with Crippen LogP contribution in [0.4, 0.5) is 0 Å². The van der Waals surface area contributed by atoms with Crippen molar-refractivity contribution in [3.05, 3.63) is 35.9 Å². The number of rotatable bonds is 3. The van der Waals surface area contributed by atoms with Crippen LogP contribution in [0, 0.1) is 0 Å². The zero-order valence-corrected chi connectivity index (χ0v) is 11.4. The minimum absolute atomic E-state index is 0.217. The summed E-state index contributed by atoms with van der Waals surface area (Å²) >= 11 is 0. The smallest absolute Gasteiger partial charge is 0.302 e. The molecule has 0 bridgehead atoms. The predicted molar refractivity (Wildman–Crippen MR) is 74.5 cm³/mol. The fourth-order valence-corrected chi connectivity index (χ4v) is 2.02. The van der Waals surface area contributed by atoms with Gasteiger partial charge in [-0.2, -0.15) is 0 Å². The first-order valence-corrected chi connectivity index (χ1v) is 6.96. The van der Waals surface area contributed by atoms with E-state index in [4.69, 9.17) is 4.74 Å². The Hall–Kier alpha value is -1.31. The van der Waals surface area contributed by atoms with Crippen molar-refractivity contribution in [1.82, 2.24) is 0 Å². The summed E-state index contributed by atoms with van der Waals surface area (Å²) in [6.07, 6.45) is 9.79. The van der Waals surface area contributed by atoms with Gasteiger partial charge in [0.1, 0.15) is 0 Å². The highest BCUT2D eigenvalue weighted by Crippen LogP contribution is 2.15. The number of hydrogen-bond donors (Lipinski definition) is 0. The third kappa shape index (κ3) is 7.88. The largest absolute Gasteiger partial charge is 0.466 e. The van der Waals surface area contributed by atoms with E-state index < -0.39 is 0 Å². The average Bonchev–Trinajstić information content (AvgIpc) is 2.42. The van der Waals surface area contributed by atoms with Crippen molar-refractivity contribution < 1.29 is 9.53 Å². The van der Waals surface area contributed by atoms with Crippen LogP contribution in [0.1, 0.15) is 51.0 Å². The Morgan fingerprint density at radius 2 is 1.50 bits per heavy atom. The van der Waals surface area contributed by atoms with Crippen molar-refractivity contribution in [2.75, 3.05) is 6.61 Å². The Balaban J connectivity index is 0.000000225. The maximum atomic E-state index is 10.4. The minimum Gasteiger partial charge on any atom is -0.466 e. The second-order valence-electron chi connectivity index (χ2n) is 4.70. The van der Waals surface area contributed by atoms with Gasteiger partial charge in [-0.05, 0) is 5.56 Å². The first-order valence-electron chi connectivity index (χ1n) is 6.96. The van der Waals surface area contributed by atoms with Crippen LogP contribution in [0.5, 0.6) is 0 Å². The quantitative estimate of drug-likeness (QED) is 0.752. The van der Waals surface area contributed by atoms with Gasteiger partial charge in [-0.15, -0.1) is 0 Å². The van der Waals surface area contributed by atoms with Crippen LogP contribution in [0.2, 0.25) is 0 Å². The topological polar surface area (TPSA) is 26.3 Å². The van der Waals surface area contributed by atoms with E-state index in [2.05, 4.69) is 0 Å². The van der Waals surface area contributed by atoms with E-state index in [-0.39, 0.29) is 5.97 Å². The van der Waals surface area contributed by atoms with Gasteiger partial charge in [0.2, 0.25) is 0 Å². The maximum Gasteiger partial charge on any atom is 0.302 e.